The molecule has 1 N–H and O–H groups in total. The summed E-state index contributed by atoms with van der Waals surface area (Å²) in [4.78, 5) is 24.8. The molecule has 2 atom stereocenters. The minimum absolute atomic E-state index is 0.444. The number of amides is 1. The third kappa shape index (κ3) is 4.76. The van der Waals surface area contributed by atoms with E-state index in [0.29, 0.717) is 5.56 Å². The summed E-state index contributed by atoms with van der Waals surface area (Å²) in [7, 11) is 0. The van der Waals surface area contributed by atoms with Crippen LogP contribution in [0.2, 0.25) is 0 Å². The van der Waals surface area contributed by atoms with Gasteiger partial charge in [0.1, 0.15) is 11.7 Å². The molecule has 1 aliphatic carbocycles. The lowest BCUT2D eigenvalue weighted by atomic mass is 9.91. The molecule has 0 aromatic heterocycles. The van der Waals surface area contributed by atoms with Gasteiger partial charge in [0.05, 0.1) is 11.6 Å². The van der Waals surface area contributed by atoms with Crippen molar-refractivity contribution in [3.05, 3.63) is 77.4 Å². The Bertz CT molecular complexity index is 852. The number of carbonyl (C=O) groups excluding carboxylic acids is 2. The van der Waals surface area contributed by atoms with Crippen molar-refractivity contribution in [1.29, 1.82) is 0 Å². The Kier molecular flexibility index (Phi) is 5.31. The summed E-state index contributed by atoms with van der Waals surface area (Å²) in [5, 5.41) is 2.85. The van der Waals surface area contributed by atoms with Crippen molar-refractivity contribution in [3.63, 3.8) is 0 Å². The van der Waals surface area contributed by atoms with Crippen LogP contribution in [0.4, 0.5) is 4.79 Å². The van der Waals surface area contributed by atoms with Crippen LogP contribution in [0.3, 0.4) is 0 Å². The van der Waals surface area contributed by atoms with Gasteiger partial charge in [0.25, 0.3) is 0 Å². The topological polar surface area (TPSA) is 64.6 Å². The average molecular weight is 365 g/mol. The van der Waals surface area contributed by atoms with Gasteiger partial charge in [-0.1, -0.05) is 48.5 Å². The first kappa shape index (κ1) is 18.7. The van der Waals surface area contributed by atoms with Gasteiger partial charge >= 0.3 is 12.1 Å². The van der Waals surface area contributed by atoms with Crippen LogP contribution < -0.4 is 5.32 Å². The molecule has 1 amide bonds. The molecule has 0 fully saturated rings. The molecule has 0 heterocycles. The van der Waals surface area contributed by atoms with Gasteiger partial charge < -0.3 is 14.8 Å². The third-order valence-corrected chi connectivity index (χ3v) is 4.05. The molecule has 0 saturated heterocycles. The lowest BCUT2D eigenvalue weighted by molar-refractivity contribution is 0.0241. The predicted molar refractivity (Wildman–Crippen MR) is 103 cm³/mol. The zero-order valence-electron chi connectivity index (χ0n) is 15.6. The summed E-state index contributed by atoms with van der Waals surface area (Å²) in [6, 6.07) is 15.9. The van der Waals surface area contributed by atoms with E-state index in [2.05, 4.69) is 5.32 Å². The maximum atomic E-state index is 12.5. The SMILES string of the molecule is CC(C)(C)OC(=O)N[C@H]1c2ccccc2C=C[C@H]1OC(=O)c1ccccc1. The van der Waals surface area contributed by atoms with E-state index >= 15 is 0 Å². The lowest BCUT2D eigenvalue weighted by Crippen LogP contribution is -2.41. The van der Waals surface area contributed by atoms with Gasteiger partial charge in [-0.2, -0.15) is 0 Å². The number of ether oxygens (including phenoxy) is 2. The van der Waals surface area contributed by atoms with E-state index in [-0.39, 0.29) is 0 Å². The largest absolute Gasteiger partial charge is 0.452 e. The Hall–Kier alpha value is -3.08. The van der Waals surface area contributed by atoms with Gasteiger partial charge in [-0.05, 0) is 50.1 Å². The summed E-state index contributed by atoms with van der Waals surface area (Å²) in [5.41, 5.74) is 1.67. The van der Waals surface area contributed by atoms with Crippen LogP contribution in [0.15, 0.2) is 60.7 Å². The predicted octanol–water partition coefficient (Wildman–Crippen LogP) is 4.50. The minimum atomic E-state index is -0.639. The monoisotopic (exact) mass is 365 g/mol. The molecule has 0 spiro atoms. The second kappa shape index (κ2) is 7.66. The van der Waals surface area contributed by atoms with E-state index < -0.39 is 29.8 Å². The first-order valence-corrected chi connectivity index (χ1v) is 8.86. The van der Waals surface area contributed by atoms with E-state index in [4.69, 9.17) is 9.47 Å². The molecular weight excluding hydrogens is 342 g/mol. The molecule has 5 heteroatoms. The van der Waals surface area contributed by atoms with Gasteiger partial charge in [-0.3, -0.25) is 0 Å². The number of rotatable bonds is 3. The Morgan fingerprint density at radius 1 is 0.963 bits per heavy atom. The maximum absolute atomic E-state index is 12.5. The Balaban J connectivity index is 1.83. The number of esters is 1. The van der Waals surface area contributed by atoms with Crippen LogP contribution >= 0.6 is 0 Å². The summed E-state index contributed by atoms with van der Waals surface area (Å²) < 4.78 is 11.1. The fourth-order valence-electron chi connectivity index (χ4n) is 2.90. The number of benzene rings is 2. The molecule has 1 aliphatic rings. The van der Waals surface area contributed by atoms with Crippen molar-refractivity contribution in [2.24, 2.45) is 0 Å². The van der Waals surface area contributed by atoms with E-state index in [1.165, 1.54) is 0 Å². The van der Waals surface area contributed by atoms with Crippen LogP contribution in [0.25, 0.3) is 6.08 Å². The summed E-state index contributed by atoms with van der Waals surface area (Å²) in [6.07, 6.45) is 2.48. The Labute approximate surface area is 159 Å². The van der Waals surface area contributed by atoms with E-state index in [1.807, 2.05) is 36.4 Å². The fraction of sp³-hybridized carbons (Fsp3) is 0.273. The van der Waals surface area contributed by atoms with Gasteiger partial charge in [-0.25, -0.2) is 9.59 Å². The standard InChI is InChI=1S/C22H23NO4/c1-22(2,3)27-21(25)23-19-17-12-8-7-9-15(17)13-14-18(19)26-20(24)16-10-5-4-6-11-16/h4-14,18-19H,1-3H3,(H,23,25)/t18-,19+/m1/s1. The Morgan fingerprint density at radius 2 is 1.63 bits per heavy atom. The number of nitrogens with one attached hydrogen (secondary N) is 1. The molecule has 0 aliphatic heterocycles. The van der Waals surface area contributed by atoms with Crippen molar-refractivity contribution in [2.45, 2.75) is 38.5 Å². The highest BCUT2D eigenvalue weighted by atomic mass is 16.6. The lowest BCUT2D eigenvalue weighted by Gasteiger charge is -2.31. The highest BCUT2D eigenvalue weighted by Crippen LogP contribution is 2.30. The van der Waals surface area contributed by atoms with Crippen LogP contribution in [0, 0.1) is 0 Å². The normalized spacial score (nSPS) is 18.3. The minimum Gasteiger partial charge on any atom is -0.452 e. The second-order valence-corrected chi connectivity index (χ2v) is 7.35. The molecule has 0 unspecified atom stereocenters. The summed E-state index contributed by atoms with van der Waals surface area (Å²) in [6.45, 7) is 5.40. The first-order chi connectivity index (χ1) is 12.8. The zero-order chi connectivity index (χ0) is 19.4. The van der Waals surface area contributed by atoms with Gasteiger partial charge in [0, 0.05) is 0 Å². The molecule has 2 aromatic rings. The molecular formula is C22H23NO4. The number of carbonyl (C=O) groups is 2. The van der Waals surface area contributed by atoms with E-state index in [9.17, 15) is 9.59 Å². The fourth-order valence-corrected chi connectivity index (χ4v) is 2.90. The molecule has 0 radical (unpaired) electrons. The van der Waals surface area contributed by atoms with Crippen LogP contribution in [-0.2, 0) is 9.47 Å². The highest BCUT2D eigenvalue weighted by Gasteiger charge is 2.32. The molecule has 2 aromatic carbocycles. The van der Waals surface area contributed by atoms with Crippen molar-refractivity contribution in [3.8, 4) is 0 Å². The van der Waals surface area contributed by atoms with Gasteiger partial charge in [0.2, 0.25) is 0 Å². The Morgan fingerprint density at radius 3 is 2.33 bits per heavy atom. The van der Waals surface area contributed by atoms with Crippen molar-refractivity contribution in [2.75, 3.05) is 0 Å². The van der Waals surface area contributed by atoms with Gasteiger partial charge in [-0.15, -0.1) is 0 Å². The number of alkyl carbamates (subject to hydrolysis) is 1. The van der Waals surface area contributed by atoms with Crippen molar-refractivity contribution >= 4 is 18.1 Å². The molecule has 140 valence electrons. The number of hydrogen-bond acceptors (Lipinski definition) is 4. The second-order valence-electron chi connectivity index (χ2n) is 7.35. The summed E-state index contributed by atoms with van der Waals surface area (Å²) in [5.74, 6) is -0.444. The first-order valence-electron chi connectivity index (χ1n) is 8.86. The number of fused-ring (bicyclic) bond motifs is 1. The smallest absolute Gasteiger partial charge is 0.408 e. The summed E-state index contributed by atoms with van der Waals surface area (Å²) >= 11 is 0. The van der Waals surface area contributed by atoms with E-state index in [1.54, 1.807) is 51.1 Å². The molecule has 3 rings (SSSR count). The average Bonchev–Trinajstić information content (AvgIpc) is 2.63. The van der Waals surface area contributed by atoms with E-state index in [0.717, 1.165) is 11.1 Å². The molecule has 5 nitrogen and oxygen atoms in total. The molecule has 27 heavy (non-hydrogen) atoms. The zero-order valence-corrected chi connectivity index (χ0v) is 15.6. The number of hydrogen-bond donors (Lipinski definition) is 1. The molecule has 0 saturated carbocycles. The van der Waals surface area contributed by atoms with Crippen LogP contribution in [0.5, 0.6) is 0 Å². The van der Waals surface area contributed by atoms with Gasteiger partial charge in [0.15, 0.2) is 0 Å². The highest BCUT2D eigenvalue weighted by molar-refractivity contribution is 5.89. The molecule has 0 bridgehead atoms. The third-order valence-electron chi connectivity index (χ3n) is 4.05. The maximum Gasteiger partial charge on any atom is 0.408 e. The van der Waals surface area contributed by atoms with Crippen molar-refractivity contribution < 1.29 is 19.1 Å². The quantitative estimate of drug-likeness (QED) is 0.813. The van der Waals surface area contributed by atoms with Crippen LogP contribution in [-0.4, -0.2) is 23.8 Å². The van der Waals surface area contributed by atoms with Crippen LogP contribution in [0.1, 0.15) is 48.3 Å². The van der Waals surface area contributed by atoms with Crippen molar-refractivity contribution in [1.82, 2.24) is 5.32 Å².